The Labute approximate surface area is 163 Å². The average molecular weight is 414 g/mol. The van der Waals surface area contributed by atoms with Gasteiger partial charge in [0.2, 0.25) is 0 Å². The number of H-pyrrole nitrogens is 1. The summed E-state index contributed by atoms with van der Waals surface area (Å²) in [7, 11) is -2.01. The van der Waals surface area contributed by atoms with Crippen molar-refractivity contribution in [3.63, 3.8) is 0 Å². The van der Waals surface area contributed by atoms with Crippen LogP contribution in [-0.4, -0.2) is 63.0 Å². The molecule has 1 aliphatic heterocycles. The number of anilines is 1. The fourth-order valence-electron chi connectivity index (χ4n) is 2.75. The van der Waals surface area contributed by atoms with Gasteiger partial charge in [-0.25, -0.2) is 9.97 Å². The summed E-state index contributed by atoms with van der Waals surface area (Å²) in [6, 6.07) is 0. The van der Waals surface area contributed by atoms with Crippen LogP contribution in [0.5, 0.6) is 0 Å². The van der Waals surface area contributed by atoms with Crippen LogP contribution in [-0.2, 0) is 9.16 Å². The number of aliphatic hydroxyl groups excluding tert-OH is 2. The fourth-order valence-corrected chi connectivity index (χ4v) is 4.01. The summed E-state index contributed by atoms with van der Waals surface area (Å²) in [5.74, 6) is 0.139. The van der Waals surface area contributed by atoms with Crippen LogP contribution in [0.15, 0.2) is 6.33 Å². The van der Waals surface area contributed by atoms with Gasteiger partial charge in [-0.1, -0.05) is 33.0 Å². The number of aliphatic hydroxyl groups is 2. The molecule has 4 atom stereocenters. The Morgan fingerprint density at radius 1 is 1.37 bits per heavy atom. The van der Waals surface area contributed by atoms with Gasteiger partial charge in [0.25, 0.3) is 0 Å². The number of nitrogens with two attached hydrogens (primary N) is 1. The van der Waals surface area contributed by atoms with Gasteiger partial charge >= 0.3 is 0 Å². The van der Waals surface area contributed by atoms with E-state index in [1.165, 1.54) is 6.33 Å². The minimum absolute atomic E-state index is 0.0362. The van der Waals surface area contributed by atoms with Crippen molar-refractivity contribution in [2.24, 2.45) is 0 Å². The Morgan fingerprint density at radius 3 is 2.67 bits per heavy atom. The summed E-state index contributed by atoms with van der Waals surface area (Å²) >= 11 is 5.17. The number of nitrogens with zero attached hydrogens (tertiary/aromatic N) is 3. The van der Waals surface area contributed by atoms with Gasteiger partial charge in [-0.15, -0.1) is 0 Å². The highest BCUT2D eigenvalue weighted by Crippen LogP contribution is 2.38. The molecule has 3 rings (SSSR count). The number of nitrogen functional groups attached to an aromatic ring is 1. The molecule has 0 bridgehead atoms. The molecule has 1 aliphatic rings. The van der Waals surface area contributed by atoms with E-state index in [4.69, 9.17) is 27.1 Å². The van der Waals surface area contributed by atoms with E-state index >= 15 is 0 Å². The van der Waals surface area contributed by atoms with Gasteiger partial charge in [-0.2, -0.15) is 0 Å². The largest absolute Gasteiger partial charge is 0.414 e. The highest BCUT2D eigenvalue weighted by Gasteiger charge is 2.46. The lowest BCUT2D eigenvalue weighted by Crippen LogP contribution is -2.44. The van der Waals surface area contributed by atoms with E-state index < -0.39 is 32.9 Å². The van der Waals surface area contributed by atoms with Crippen LogP contribution in [0.4, 0.5) is 5.95 Å². The molecule has 0 aliphatic carbocycles. The fraction of sp³-hybridized carbons (Fsp3) is 0.688. The van der Waals surface area contributed by atoms with Gasteiger partial charge in [-0.05, 0) is 18.1 Å². The first-order valence-corrected chi connectivity index (χ1v) is 12.1. The number of ether oxygens (including phenoxy) is 1. The standard InChI is InChI=1S/C16H27N5O4SSi/c1-16(2,3)27(4,5)24-6-8-10(22)11(23)14(25-8)21-7-18-9-12(21)19-15(17)20-13(9)26/h7-8,10-11,14,22-23H,6H2,1-5H3,(H3,17,19,20,26)/t8-,10-,11-,14-/m1/s1. The summed E-state index contributed by atoms with van der Waals surface area (Å²) in [5.41, 5.74) is 6.67. The van der Waals surface area contributed by atoms with E-state index in [1.54, 1.807) is 4.57 Å². The Morgan fingerprint density at radius 2 is 2.04 bits per heavy atom. The topological polar surface area (TPSA) is 131 Å². The predicted octanol–water partition coefficient (Wildman–Crippen LogP) is 1.71. The molecule has 11 heteroatoms. The molecule has 0 unspecified atom stereocenters. The molecule has 0 amide bonds. The van der Waals surface area contributed by atoms with Crippen LogP contribution in [0.3, 0.4) is 0 Å². The molecule has 5 N–H and O–H groups in total. The second-order valence-electron chi connectivity index (χ2n) is 8.39. The lowest BCUT2D eigenvalue weighted by atomic mass is 10.1. The number of aromatic amines is 1. The first-order valence-electron chi connectivity index (χ1n) is 8.80. The minimum Gasteiger partial charge on any atom is -0.414 e. The van der Waals surface area contributed by atoms with E-state index in [0.29, 0.717) is 11.2 Å². The molecule has 27 heavy (non-hydrogen) atoms. The third-order valence-electron chi connectivity index (χ3n) is 5.49. The van der Waals surface area contributed by atoms with Crippen LogP contribution in [0, 0.1) is 4.64 Å². The van der Waals surface area contributed by atoms with Crippen molar-refractivity contribution in [3.05, 3.63) is 11.0 Å². The number of hydrogen-bond acceptors (Lipinski definition) is 8. The molecule has 1 fully saturated rings. The quantitative estimate of drug-likeness (QED) is 0.440. The predicted molar refractivity (Wildman–Crippen MR) is 106 cm³/mol. The van der Waals surface area contributed by atoms with Crippen molar-refractivity contribution in [1.82, 2.24) is 19.5 Å². The van der Waals surface area contributed by atoms with Gasteiger partial charge in [-0.3, -0.25) is 4.57 Å². The van der Waals surface area contributed by atoms with Crippen LogP contribution < -0.4 is 5.73 Å². The second-order valence-corrected chi connectivity index (χ2v) is 13.6. The van der Waals surface area contributed by atoms with Crippen molar-refractivity contribution >= 4 is 37.6 Å². The highest BCUT2D eigenvalue weighted by molar-refractivity contribution is 7.71. The molecule has 0 radical (unpaired) electrons. The minimum atomic E-state index is -2.01. The Hall–Kier alpha value is -1.37. The summed E-state index contributed by atoms with van der Waals surface area (Å²) < 4.78 is 13.9. The summed E-state index contributed by atoms with van der Waals surface area (Å²) in [6.07, 6.45) is -2.24. The number of rotatable bonds is 4. The van der Waals surface area contributed by atoms with E-state index in [9.17, 15) is 10.2 Å². The highest BCUT2D eigenvalue weighted by atomic mass is 32.1. The van der Waals surface area contributed by atoms with E-state index in [0.717, 1.165) is 0 Å². The Bertz CT molecular complexity index is 893. The van der Waals surface area contributed by atoms with Crippen LogP contribution in [0.25, 0.3) is 11.2 Å². The van der Waals surface area contributed by atoms with E-state index in [1.807, 2.05) is 0 Å². The molecule has 0 spiro atoms. The molecule has 1 saturated heterocycles. The third-order valence-corrected chi connectivity index (χ3v) is 10.3. The van der Waals surface area contributed by atoms with Gasteiger partial charge < -0.3 is 30.1 Å². The number of aromatic nitrogens is 4. The van der Waals surface area contributed by atoms with E-state index in [2.05, 4.69) is 48.8 Å². The molecule has 2 aromatic heterocycles. The van der Waals surface area contributed by atoms with Crippen LogP contribution in [0.2, 0.25) is 18.1 Å². The van der Waals surface area contributed by atoms with Crippen LogP contribution >= 0.6 is 12.2 Å². The molecule has 0 saturated carbocycles. The summed E-state index contributed by atoms with van der Waals surface area (Å²) in [6.45, 7) is 10.9. The molecule has 3 heterocycles. The Balaban J connectivity index is 1.83. The maximum Gasteiger partial charge on any atom is 0.200 e. The first kappa shape index (κ1) is 20.4. The van der Waals surface area contributed by atoms with Crippen molar-refractivity contribution < 1.29 is 19.4 Å². The molecular weight excluding hydrogens is 386 g/mol. The Kier molecular flexibility index (Phi) is 5.21. The zero-order chi connectivity index (χ0) is 20.1. The van der Waals surface area contributed by atoms with Crippen molar-refractivity contribution in [1.29, 1.82) is 0 Å². The zero-order valence-corrected chi connectivity index (χ0v) is 17.9. The number of imidazole rings is 1. The van der Waals surface area contributed by atoms with Crippen molar-refractivity contribution in [2.45, 2.75) is 63.4 Å². The monoisotopic (exact) mass is 413 g/mol. The SMILES string of the molecule is CC(C)(C)[Si](C)(C)OC[C@H]1O[C@@H](n2cnc3c(=S)nc(N)[nH]c32)[C@H](O)[C@@H]1O. The maximum atomic E-state index is 10.5. The first-order chi connectivity index (χ1) is 12.4. The normalized spacial score (nSPS) is 26.8. The van der Waals surface area contributed by atoms with Gasteiger partial charge in [0.15, 0.2) is 25.1 Å². The van der Waals surface area contributed by atoms with Gasteiger partial charge in [0.05, 0.1) is 12.9 Å². The average Bonchev–Trinajstić information content (AvgIpc) is 3.07. The van der Waals surface area contributed by atoms with Gasteiger partial charge in [0.1, 0.15) is 29.5 Å². The van der Waals surface area contributed by atoms with Gasteiger partial charge in [0, 0.05) is 0 Å². The second kappa shape index (κ2) is 6.90. The summed E-state index contributed by atoms with van der Waals surface area (Å²) in [4.78, 5) is 11.1. The van der Waals surface area contributed by atoms with E-state index in [-0.39, 0.29) is 22.2 Å². The molecule has 2 aromatic rings. The van der Waals surface area contributed by atoms with Crippen molar-refractivity contribution in [3.8, 4) is 0 Å². The molecule has 0 aromatic carbocycles. The summed E-state index contributed by atoms with van der Waals surface area (Å²) in [5, 5.41) is 21.0. The van der Waals surface area contributed by atoms with Crippen molar-refractivity contribution in [2.75, 3.05) is 12.3 Å². The number of hydrogen-bond donors (Lipinski definition) is 4. The maximum absolute atomic E-state index is 10.5. The molecule has 9 nitrogen and oxygen atoms in total. The third kappa shape index (κ3) is 3.67. The lowest BCUT2D eigenvalue weighted by molar-refractivity contribution is -0.0491. The number of fused-ring (bicyclic) bond motifs is 1. The lowest BCUT2D eigenvalue weighted by Gasteiger charge is -2.37. The zero-order valence-electron chi connectivity index (χ0n) is 16.1. The number of nitrogens with one attached hydrogen (secondary N) is 1. The molecule has 150 valence electrons. The molecular formula is C16H27N5O4SSi. The van der Waals surface area contributed by atoms with Crippen LogP contribution in [0.1, 0.15) is 27.0 Å². The smallest absolute Gasteiger partial charge is 0.200 e.